The summed E-state index contributed by atoms with van der Waals surface area (Å²) in [6.07, 6.45) is 4.41. The number of halogens is 1. The van der Waals surface area contributed by atoms with Crippen LogP contribution in [0.4, 0.5) is 11.4 Å². The fourth-order valence-corrected chi connectivity index (χ4v) is 2.64. The SMILES string of the molecule is COc1ccc(Cl)cc1/C=C/C(=O)Nc1cccc(NC(=O)c2ccco2)c1. The van der Waals surface area contributed by atoms with Crippen molar-refractivity contribution in [3.63, 3.8) is 0 Å². The molecule has 0 radical (unpaired) electrons. The van der Waals surface area contributed by atoms with Crippen molar-refractivity contribution in [2.24, 2.45) is 0 Å². The molecule has 1 heterocycles. The van der Waals surface area contributed by atoms with E-state index < -0.39 is 0 Å². The Morgan fingerprint density at radius 2 is 1.82 bits per heavy atom. The molecular weight excluding hydrogens is 380 g/mol. The van der Waals surface area contributed by atoms with Gasteiger partial charge in [0.1, 0.15) is 5.75 Å². The van der Waals surface area contributed by atoms with Gasteiger partial charge in [-0.25, -0.2) is 0 Å². The Bertz CT molecular complexity index is 1010. The van der Waals surface area contributed by atoms with E-state index >= 15 is 0 Å². The summed E-state index contributed by atoms with van der Waals surface area (Å²) in [5.41, 5.74) is 1.74. The van der Waals surface area contributed by atoms with E-state index in [0.717, 1.165) is 0 Å². The normalized spacial score (nSPS) is 10.6. The second-order valence-electron chi connectivity index (χ2n) is 5.72. The zero-order chi connectivity index (χ0) is 19.9. The smallest absolute Gasteiger partial charge is 0.291 e. The molecule has 0 spiro atoms. The zero-order valence-corrected chi connectivity index (χ0v) is 15.7. The van der Waals surface area contributed by atoms with Gasteiger partial charge in [0.2, 0.25) is 5.91 Å². The molecule has 3 aromatic rings. The van der Waals surface area contributed by atoms with Gasteiger partial charge in [0.05, 0.1) is 13.4 Å². The van der Waals surface area contributed by atoms with Crippen LogP contribution >= 0.6 is 11.6 Å². The average Bonchev–Trinajstić information content (AvgIpc) is 3.22. The lowest BCUT2D eigenvalue weighted by Gasteiger charge is -2.07. The molecule has 0 aliphatic carbocycles. The van der Waals surface area contributed by atoms with Gasteiger partial charge in [-0.3, -0.25) is 9.59 Å². The van der Waals surface area contributed by atoms with Crippen LogP contribution in [0.1, 0.15) is 16.1 Å². The van der Waals surface area contributed by atoms with Crippen LogP contribution in [0.5, 0.6) is 5.75 Å². The zero-order valence-electron chi connectivity index (χ0n) is 14.9. The summed E-state index contributed by atoms with van der Waals surface area (Å²) in [6, 6.07) is 15.1. The largest absolute Gasteiger partial charge is 0.496 e. The van der Waals surface area contributed by atoms with Gasteiger partial charge in [-0.05, 0) is 54.6 Å². The first-order chi connectivity index (χ1) is 13.5. The summed E-state index contributed by atoms with van der Waals surface area (Å²) in [4.78, 5) is 24.2. The second-order valence-corrected chi connectivity index (χ2v) is 6.16. The van der Waals surface area contributed by atoms with Crippen molar-refractivity contribution in [1.82, 2.24) is 0 Å². The van der Waals surface area contributed by atoms with Crippen LogP contribution in [0.2, 0.25) is 5.02 Å². The number of benzene rings is 2. The first-order valence-corrected chi connectivity index (χ1v) is 8.70. The number of methoxy groups -OCH3 is 1. The lowest BCUT2D eigenvalue weighted by atomic mass is 10.2. The molecule has 142 valence electrons. The van der Waals surface area contributed by atoms with Crippen molar-refractivity contribution in [3.8, 4) is 5.75 Å². The molecule has 2 amide bonds. The molecule has 0 fully saturated rings. The highest BCUT2D eigenvalue weighted by molar-refractivity contribution is 6.30. The van der Waals surface area contributed by atoms with Crippen LogP contribution in [0.25, 0.3) is 6.08 Å². The predicted octanol–water partition coefficient (Wildman–Crippen LogP) is 4.85. The van der Waals surface area contributed by atoms with Crippen LogP contribution in [0.15, 0.2) is 71.4 Å². The van der Waals surface area contributed by atoms with E-state index in [4.69, 9.17) is 20.8 Å². The Morgan fingerprint density at radius 3 is 2.54 bits per heavy atom. The molecule has 0 bridgehead atoms. The van der Waals surface area contributed by atoms with Crippen LogP contribution in [-0.2, 0) is 4.79 Å². The second kappa shape index (κ2) is 8.92. The van der Waals surface area contributed by atoms with Gasteiger partial charge in [0.15, 0.2) is 5.76 Å². The van der Waals surface area contributed by atoms with E-state index in [9.17, 15) is 9.59 Å². The topological polar surface area (TPSA) is 80.6 Å². The van der Waals surface area contributed by atoms with Crippen molar-refractivity contribution in [2.75, 3.05) is 17.7 Å². The fraction of sp³-hybridized carbons (Fsp3) is 0.0476. The molecule has 2 N–H and O–H groups in total. The molecule has 1 aromatic heterocycles. The van der Waals surface area contributed by atoms with Gasteiger partial charge in [0.25, 0.3) is 5.91 Å². The van der Waals surface area contributed by atoms with Gasteiger partial charge in [-0.1, -0.05) is 17.7 Å². The maximum absolute atomic E-state index is 12.2. The summed E-state index contributed by atoms with van der Waals surface area (Å²) in [5.74, 6) is 0.0990. The predicted molar refractivity (Wildman–Crippen MR) is 109 cm³/mol. The highest BCUT2D eigenvalue weighted by Crippen LogP contribution is 2.24. The number of anilines is 2. The monoisotopic (exact) mass is 396 g/mol. The minimum Gasteiger partial charge on any atom is -0.496 e. The number of carbonyl (C=O) groups excluding carboxylic acids is 2. The van der Waals surface area contributed by atoms with Crippen LogP contribution in [0.3, 0.4) is 0 Å². The third-order valence-electron chi connectivity index (χ3n) is 3.74. The molecular formula is C21H17ClN2O4. The molecule has 28 heavy (non-hydrogen) atoms. The molecule has 0 atom stereocenters. The molecule has 6 nitrogen and oxygen atoms in total. The average molecular weight is 397 g/mol. The number of carbonyl (C=O) groups is 2. The minimum absolute atomic E-state index is 0.202. The van der Waals surface area contributed by atoms with Gasteiger partial charge >= 0.3 is 0 Å². The number of hydrogen-bond acceptors (Lipinski definition) is 4. The lowest BCUT2D eigenvalue weighted by Crippen LogP contribution is -2.12. The molecule has 0 saturated heterocycles. The maximum atomic E-state index is 12.2. The molecule has 0 unspecified atom stereocenters. The highest BCUT2D eigenvalue weighted by Gasteiger charge is 2.09. The molecule has 0 aliphatic rings. The number of furan rings is 1. The molecule has 2 aromatic carbocycles. The van der Waals surface area contributed by atoms with E-state index in [0.29, 0.717) is 27.7 Å². The number of nitrogens with one attached hydrogen (secondary N) is 2. The number of amides is 2. The van der Waals surface area contributed by atoms with E-state index in [1.54, 1.807) is 67.8 Å². The standard InChI is InChI=1S/C21H17ClN2O4/c1-27-18-9-8-15(22)12-14(18)7-10-20(25)23-16-4-2-5-17(13-16)24-21(26)19-6-3-11-28-19/h2-13H,1H3,(H,23,25)(H,24,26)/b10-7+. The third kappa shape index (κ3) is 5.02. The van der Waals surface area contributed by atoms with Crippen molar-refractivity contribution in [2.45, 2.75) is 0 Å². The Balaban J connectivity index is 1.66. The molecule has 0 saturated carbocycles. The Kier molecular flexibility index (Phi) is 6.14. The summed E-state index contributed by atoms with van der Waals surface area (Å²) in [6.45, 7) is 0. The maximum Gasteiger partial charge on any atom is 0.291 e. The van der Waals surface area contributed by atoms with E-state index in [1.807, 2.05) is 0 Å². The Hall–Kier alpha value is -3.51. The molecule has 0 aliphatic heterocycles. The summed E-state index contributed by atoms with van der Waals surface area (Å²) < 4.78 is 10.3. The van der Waals surface area contributed by atoms with Gasteiger partial charge in [0, 0.05) is 28.0 Å². The van der Waals surface area contributed by atoms with Crippen molar-refractivity contribution in [3.05, 3.63) is 83.3 Å². The highest BCUT2D eigenvalue weighted by atomic mass is 35.5. The number of hydrogen-bond donors (Lipinski definition) is 2. The van der Waals surface area contributed by atoms with Gasteiger partial charge < -0.3 is 19.8 Å². The molecule has 7 heteroatoms. The van der Waals surface area contributed by atoms with Crippen molar-refractivity contribution < 1.29 is 18.7 Å². The number of ether oxygens (including phenoxy) is 1. The Labute approximate surface area is 166 Å². The first kappa shape index (κ1) is 19.3. The Morgan fingerprint density at radius 1 is 1.04 bits per heavy atom. The summed E-state index contributed by atoms with van der Waals surface area (Å²) >= 11 is 5.98. The first-order valence-electron chi connectivity index (χ1n) is 8.32. The number of rotatable bonds is 6. The lowest BCUT2D eigenvalue weighted by molar-refractivity contribution is -0.111. The van der Waals surface area contributed by atoms with Gasteiger partial charge in [-0.2, -0.15) is 0 Å². The quantitative estimate of drug-likeness (QED) is 0.584. The van der Waals surface area contributed by atoms with Crippen LogP contribution < -0.4 is 15.4 Å². The van der Waals surface area contributed by atoms with Crippen molar-refractivity contribution in [1.29, 1.82) is 0 Å². The summed E-state index contributed by atoms with van der Waals surface area (Å²) in [5, 5.41) is 5.98. The van der Waals surface area contributed by atoms with E-state index in [1.165, 1.54) is 12.3 Å². The summed E-state index contributed by atoms with van der Waals surface area (Å²) in [7, 11) is 1.54. The van der Waals surface area contributed by atoms with E-state index in [-0.39, 0.29) is 17.6 Å². The van der Waals surface area contributed by atoms with Crippen LogP contribution in [0, 0.1) is 0 Å². The minimum atomic E-state index is -0.374. The fourth-order valence-electron chi connectivity index (χ4n) is 2.46. The van der Waals surface area contributed by atoms with Crippen molar-refractivity contribution >= 4 is 40.9 Å². The van der Waals surface area contributed by atoms with E-state index in [2.05, 4.69) is 10.6 Å². The van der Waals surface area contributed by atoms with Gasteiger partial charge in [-0.15, -0.1) is 0 Å². The molecule has 3 rings (SSSR count). The third-order valence-corrected chi connectivity index (χ3v) is 3.97. The van der Waals surface area contributed by atoms with Crippen LogP contribution in [-0.4, -0.2) is 18.9 Å².